The van der Waals surface area contributed by atoms with Crippen molar-refractivity contribution in [1.29, 1.82) is 0 Å². The van der Waals surface area contributed by atoms with Gasteiger partial charge in [0.1, 0.15) is 10.8 Å². The standard InChI is InChI=1S/C17H13F3N6S/c18-17(19,20)16-24-23-14-7-6-13(25-26(14)16)21-9-8-12-10-27-15(22-12)11-4-2-1-3-5-11/h1-7,10H,8-9H2,(H,21,25). The molecule has 0 aliphatic carbocycles. The van der Waals surface area contributed by atoms with E-state index in [0.717, 1.165) is 16.3 Å². The predicted molar refractivity (Wildman–Crippen MR) is 95.5 cm³/mol. The van der Waals surface area contributed by atoms with Gasteiger partial charge in [-0.25, -0.2) is 4.98 Å². The molecule has 6 nitrogen and oxygen atoms in total. The zero-order valence-corrected chi connectivity index (χ0v) is 14.6. The van der Waals surface area contributed by atoms with Crippen LogP contribution in [0.3, 0.4) is 0 Å². The fourth-order valence-corrected chi connectivity index (χ4v) is 3.37. The van der Waals surface area contributed by atoms with Crippen molar-refractivity contribution in [2.24, 2.45) is 0 Å². The summed E-state index contributed by atoms with van der Waals surface area (Å²) in [5.41, 5.74) is 2.01. The summed E-state index contributed by atoms with van der Waals surface area (Å²) in [4.78, 5) is 4.58. The third-order valence-electron chi connectivity index (χ3n) is 3.78. The highest BCUT2D eigenvalue weighted by atomic mass is 32.1. The molecule has 27 heavy (non-hydrogen) atoms. The SMILES string of the molecule is FC(F)(F)c1nnc2ccc(NCCc3csc(-c4ccccc4)n3)nn12. The van der Waals surface area contributed by atoms with Gasteiger partial charge in [-0.3, -0.25) is 0 Å². The van der Waals surface area contributed by atoms with Gasteiger partial charge in [0.25, 0.3) is 5.82 Å². The van der Waals surface area contributed by atoms with Crippen LogP contribution < -0.4 is 5.32 Å². The molecule has 10 heteroatoms. The van der Waals surface area contributed by atoms with E-state index in [1.54, 1.807) is 17.4 Å². The highest BCUT2D eigenvalue weighted by Crippen LogP contribution is 2.27. The fourth-order valence-electron chi connectivity index (χ4n) is 2.51. The van der Waals surface area contributed by atoms with Crippen LogP contribution in [0.4, 0.5) is 19.0 Å². The minimum absolute atomic E-state index is 0.0416. The molecule has 0 fully saturated rings. The van der Waals surface area contributed by atoms with Gasteiger partial charge in [-0.15, -0.1) is 26.6 Å². The Morgan fingerprint density at radius 3 is 2.63 bits per heavy atom. The smallest absolute Gasteiger partial charge is 0.368 e. The first kappa shape index (κ1) is 17.4. The summed E-state index contributed by atoms with van der Waals surface area (Å²) >= 11 is 1.56. The maximum Gasteiger partial charge on any atom is 0.453 e. The average Bonchev–Trinajstić information content (AvgIpc) is 3.29. The maximum absolute atomic E-state index is 12.9. The average molecular weight is 390 g/mol. The van der Waals surface area contributed by atoms with E-state index < -0.39 is 12.0 Å². The van der Waals surface area contributed by atoms with Crippen LogP contribution in [0.15, 0.2) is 47.8 Å². The summed E-state index contributed by atoms with van der Waals surface area (Å²) in [7, 11) is 0. The Morgan fingerprint density at radius 1 is 1.04 bits per heavy atom. The van der Waals surface area contributed by atoms with Crippen molar-refractivity contribution in [3.05, 3.63) is 59.4 Å². The zero-order valence-electron chi connectivity index (χ0n) is 13.8. The first-order valence-corrected chi connectivity index (χ1v) is 8.92. The number of nitrogens with one attached hydrogen (secondary N) is 1. The molecular weight excluding hydrogens is 377 g/mol. The van der Waals surface area contributed by atoms with Crippen molar-refractivity contribution in [3.63, 3.8) is 0 Å². The lowest BCUT2D eigenvalue weighted by atomic mass is 10.2. The Hall–Kier alpha value is -3.01. The van der Waals surface area contributed by atoms with Gasteiger partial charge < -0.3 is 5.32 Å². The summed E-state index contributed by atoms with van der Waals surface area (Å²) in [6.45, 7) is 0.486. The molecule has 3 heterocycles. The number of nitrogens with zero attached hydrogens (tertiary/aromatic N) is 5. The van der Waals surface area contributed by atoms with Gasteiger partial charge in [0.05, 0.1) is 5.69 Å². The highest BCUT2D eigenvalue weighted by Gasteiger charge is 2.37. The molecule has 0 aliphatic heterocycles. The molecule has 0 radical (unpaired) electrons. The summed E-state index contributed by atoms with van der Waals surface area (Å²) in [6.07, 6.45) is -3.99. The molecule has 0 saturated carbocycles. The molecule has 0 aliphatic rings. The lowest BCUT2D eigenvalue weighted by Gasteiger charge is -2.06. The van der Waals surface area contributed by atoms with Gasteiger partial charge in [-0.1, -0.05) is 30.3 Å². The van der Waals surface area contributed by atoms with Crippen LogP contribution in [0.25, 0.3) is 16.2 Å². The van der Waals surface area contributed by atoms with Crippen LogP contribution in [0.5, 0.6) is 0 Å². The second-order valence-corrected chi connectivity index (χ2v) is 6.55. The maximum atomic E-state index is 12.9. The molecule has 3 aromatic heterocycles. The van der Waals surface area contributed by atoms with E-state index in [2.05, 4.69) is 25.6 Å². The number of benzene rings is 1. The molecule has 138 valence electrons. The largest absolute Gasteiger partial charge is 0.453 e. The van der Waals surface area contributed by atoms with Crippen molar-refractivity contribution in [2.45, 2.75) is 12.6 Å². The van der Waals surface area contributed by atoms with E-state index in [9.17, 15) is 13.2 Å². The second kappa shape index (κ2) is 6.95. The third kappa shape index (κ3) is 3.75. The van der Waals surface area contributed by atoms with Crippen LogP contribution in [0, 0.1) is 0 Å². The van der Waals surface area contributed by atoms with Crippen molar-refractivity contribution in [2.75, 3.05) is 11.9 Å². The minimum Gasteiger partial charge on any atom is -0.368 e. The van der Waals surface area contributed by atoms with Crippen molar-refractivity contribution < 1.29 is 13.2 Å². The number of alkyl halides is 3. The summed E-state index contributed by atoms with van der Waals surface area (Å²) in [6, 6.07) is 12.9. The molecular formula is C17H13F3N6S. The number of hydrogen-bond donors (Lipinski definition) is 1. The summed E-state index contributed by atoms with van der Waals surface area (Å²) in [5.74, 6) is -0.834. The van der Waals surface area contributed by atoms with E-state index in [1.165, 1.54) is 6.07 Å². The Kier molecular flexibility index (Phi) is 4.48. The van der Waals surface area contributed by atoms with Crippen molar-refractivity contribution in [3.8, 4) is 10.6 Å². The molecule has 0 bridgehead atoms. The van der Waals surface area contributed by atoms with Crippen molar-refractivity contribution in [1.82, 2.24) is 24.8 Å². The molecule has 4 aromatic rings. The number of thiazole rings is 1. The van der Waals surface area contributed by atoms with Crippen molar-refractivity contribution >= 4 is 22.8 Å². The number of fused-ring (bicyclic) bond motifs is 1. The van der Waals surface area contributed by atoms with Crippen LogP contribution in [-0.2, 0) is 12.6 Å². The number of hydrogen-bond acceptors (Lipinski definition) is 6. The predicted octanol–water partition coefficient (Wildman–Crippen LogP) is 3.92. The first-order valence-electron chi connectivity index (χ1n) is 8.04. The fraction of sp³-hybridized carbons (Fsp3) is 0.176. The third-order valence-corrected chi connectivity index (χ3v) is 4.72. The lowest BCUT2D eigenvalue weighted by molar-refractivity contribution is -0.146. The molecule has 4 rings (SSSR count). The van der Waals surface area contributed by atoms with Crippen LogP contribution in [0.2, 0.25) is 0 Å². The zero-order chi connectivity index (χ0) is 18.9. The molecule has 1 N–H and O–H groups in total. The molecule has 0 unspecified atom stereocenters. The van der Waals surface area contributed by atoms with Crippen LogP contribution in [0.1, 0.15) is 11.5 Å². The monoisotopic (exact) mass is 390 g/mol. The normalized spacial score (nSPS) is 11.8. The van der Waals surface area contributed by atoms with Gasteiger partial charge in [-0.05, 0) is 12.1 Å². The number of halogens is 3. The Balaban J connectivity index is 1.43. The van der Waals surface area contributed by atoms with Crippen LogP contribution >= 0.6 is 11.3 Å². The van der Waals surface area contributed by atoms with E-state index in [4.69, 9.17) is 0 Å². The van der Waals surface area contributed by atoms with E-state index >= 15 is 0 Å². The number of anilines is 1. The first-order chi connectivity index (χ1) is 13.0. The molecule has 1 aromatic carbocycles. The Bertz CT molecular complexity index is 1060. The highest BCUT2D eigenvalue weighted by molar-refractivity contribution is 7.13. The molecule has 0 amide bonds. The number of aromatic nitrogens is 5. The number of rotatable bonds is 5. The minimum atomic E-state index is -4.61. The van der Waals surface area contributed by atoms with E-state index in [0.29, 0.717) is 23.3 Å². The van der Waals surface area contributed by atoms with Gasteiger partial charge in [-0.2, -0.15) is 17.7 Å². The van der Waals surface area contributed by atoms with Crippen LogP contribution in [-0.4, -0.2) is 31.3 Å². The molecule has 0 atom stereocenters. The van der Waals surface area contributed by atoms with Gasteiger partial charge in [0.15, 0.2) is 5.65 Å². The molecule has 0 spiro atoms. The van der Waals surface area contributed by atoms with Gasteiger partial charge in [0, 0.05) is 23.9 Å². The lowest BCUT2D eigenvalue weighted by Crippen LogP contribution is -2.14. The van der Waals surface area contributed by atoms with Gasteiger partial charge >= 0.3 is 6.18 Å². The Labute approximate surface area is 155 Å². The molecule has 0 saturated heterocycles. The summed E-state index contributed by atoms with van der Waals surface area (Å²) < 4.78 is 39.4. The topological polar surface area (TPSA) is 68.0 Å². The second-order valence-electron chi connectivity index (χ2n) is 5.70. The van der Waals surface area contributed by atoms with Gasteiger partial charge in [0.2, 0.25) is 0 Å². The Morgan fingerprint density at radius 2 is 1.85 bits per heavy atom. The van der Waals surface area contributed by atoms with E-state index in [1.807, 2.05) is 35.7 Å². The van der Waals surface area contributed by atoms with E-state index in [-0.39, 0.29) is 5.65 Å². The summed E-state index contributed by atoms with van der Waals surface area (Å²) in [5, 5.41) is 16.5. The quantitative estimate of drug-likeness (QED) is 0.559.